The quantitative estimate of drug-likeness (QED) is 0.663. The van der Waals surface area contributed by atoms with Crippen LogP contribution in [0.1, 0.15) is 52.0 Å². The molecule has 0 saturated carbocycles. The molecule has 0 aliphatic heterocycles. The van der Waals surface area contributed by atoms with E-state index in [4.69, 9.17) is 9.47 Å². The fourth-order valence-electron chi connectivity index (χ4n) is 3.07. The summed E-state index contributed by atoms with van der Waals surface area (Å²) in [5.74, 6) is 0.0106. The highest BCUT2D eigenvalue weighted by atomic mass is 16.5. The number of nitrogens with zero attached hydrogens (tertiary/aromatic N) is 2. The summed E-state index contributed by atoms with van der Waals surface area (Å²) in [7, 11) is 1.34. The highest BCUT2D eigenvalue weighted by Gasteiger charge is 2.20. The lowest BCUT2D eigenvalue weighted by molar-refractivity contribution is 0.0600. The number of pyridine rings is 1. The monoisotopic (exact) mass is 381 g/mol. The molecule has 1 aromatic carbocycles. The number of hydrogen-bond donors (Lipinski definition) is 1. The third kappa shape index (κ3) is 3.69. The maximum Gasteiger partial charge on any atom is 0.337 e. The van der Waals surface area contributed by atoms with Crippen LogP contribution in [0.3, 0.4) is 0 Å². The number of esters is 1. The van der Waals surface area contributed by atoms with Gasteiger partial charge in [0, 0.05) is 6.20 Å². The third-order valence-electron chi connectivity index (χ3n) is 4.48. The maximum absolute atomic E-state index is 12.9. The van der Waals surface area contributed by atoms with Crippen molar-refractivity contribution in [2.24, 2.45) is 0 Å². The third-order valence-corrected chi connectivity index (χ3v) is 4.48. The molecule has 1 N–H and O–H groups in total. The summed E-state index contributed by atoms with van der Waals surface area (Å²) in [5.41, 5.74) is 3.04. The van der Waals surface area contributed by atoms with Crippen molar-refractivity contribution in [1.82, 2.24) is 14.7 Å². The van der Waals surface area contributed by atoms with Crippen LogP contribution in [0.2, 0.25) is 0 Å². The van der Waals surface area contributed by atoms with Gasteiger partial charge in [-0.15, -0.1) is 0 Å². The average molecular weight is 381 g/mol. The molecule has 0 spiro atoms. The second kappa shape index (κ2) is 8.12. The van der Waals surface area contributed by atoms with Gasteiger partial charge in [-0.3, -0.25) is 9.20 Å². The molecule has 2 aromatic heterocycles. The van der Waals surface area contributed by atoms with Crippen LogP contribution in [0.5, 0.6) is 5.75 Å². The van der Waals surface area contributed by atoms with Crippen molar-refractivity contribution in [3.05, 3.63) is 65.1 Å². The highest BCUT2D eigenvalue weighted by Crippen LogP contribution is 2.23. The van der Waals surface area contributed by atoms with Gasteiger partial charge < -0.3 is 14.8 Å². The Balaban J connectivity index is 1.84. The van der Waals surface area contributed by atoms with Gasteiger partial charge in [0.25, 0.3) is 5.91 Å². The van der Waals surface area contributed by atoms with Crippen molar-refractivity contribution in [1.29, 1.82) is 0 Å². The number of methoxy groups -OCH3 is 1. The van der Waals surface area contributed by atoms with Gasteiger partial charge in [0.15, 0.2) is 11.4 Å². The second-order valence-corrected chi connectivity index (χ2v) is 6.35. The average Bonchev–Trinajstić information content (AvgIpc) is 3.04. The lowest BCUT2D eigenvalue weighted by Crippen LogP contribution is -2.28. The highest BCUT2D eigenvalue weighted by molar-refractivity contribution is 5.95. The molecule has 0 fully saturated rings. The van der Waals surface area contributed by atoms with Crippen LogP contribution in [0.15, 0.2) is 42.6 Å². The lowest BCUT2D eigenvalue weighted by atomic mass is 10.1. The van der Waals surface area contributed by atoms with Gasteiger partial charge in [0.05, 0.1) is 31.0 Å². The summed E-state index contributed by atoms with van der Waals surface area (Å²) in [6.45, 7) is 6.11. The van der Waals surface area contributed by atoms with Crippen molar-refractivity contribution >= 4 is 17.5 Å². The molecule has 1 atom stereocenters. The molecule has 0 radical (unpaired) electrons. The van der Waals surface area contributed by atoms with Gasteiger partial charge in [-0.2, -0.15) is 0 Å². The fraction of sp³-hybridized carbons (Fsp3) is 0.286. The summed E-state index contributed by atoms with van der Waals surface area (Å²) in [6, 6.07) is 10.4. The van der Waals surface area contributed by atoms with E-state index in [9.17, 15) is 9.59 Å². The minimum Gasteiger partial charge on any atom is -0.490 e. The molecule has 2 heterocycles. The molecule has 0 aliphatic rings. The fourth-order valence-corrected chi connectivity index (χ4v) is 3.07. The van der Waals surface area contributed by atoms with E-state index in [1.807, 2.05) is 26.0 Å². The predicted molar refractivity (Wildman–Crippen MR) is 105 cm³/mol. The molecule has 0 bridgehead atoms. The van der Waals surface area contributed by atoms with E-state index in [0.29, 0.717) is 35.0 Å². The summed E-state index contributed by atoms with van der Waals surface area (Å²) in [5, 5.41) is 2.99. The zero-order valence-corrected chi connectivity index (χ0v) is 16.4. The predicted octanol–water partition coefficient (Wildman–Crippen LogP) is 3.32. The number of aromatic nitrogens is 2. The van der Waals surface area contributed by atoms with Gasteiger partial charge in [-0.05, 0) is 50.6 Å². The maximum atomic E-state index is 12.9. The van der Waals surface area contributed by atoms with Crippen LogP contribution < -0.4 is 10.1 Å². The minimum atomic E-state index is -0.394. The van der Waals surface area contributed by atoms with E-state index in [1.54, 1.807) is 41.8 Å². The molecule has 7 heteroatoms. The molecule has 146 valence electrons. The topological polar surface area (TPSA) is 81.9 Å². The molecule has 0 aliphatic carbocycles. The van der Waals surface area contributed by atoms with E-state index in [-0.39, 0.29) is 11.9 Å². The van der Waals surface area contributed by atoms with Crippen molar-refractivity contribution < 1.29 is 19.1 Å². The number of benzene rings is 1. The Morgan fingerprint density at radius 3 is 2.57 bits per heavy atom. The van der Waals surface area contributed by atoms with Crippen molar-refractivity contribution in [2.45, 2.75) is 26.8 Å². The van der Waals surface area contributed by atoms with Crippen molar-refractivity contribution in [2.75, 3.05) is 13.7 Å². The first-order valence-electron chi connectivity index (χ1n) is 9.05. The van der Waals surface area contributed by atoms with Gasteiger partial charge in [-0.1, -0.05) is 12.1 Å². The summed E-state index contributed by atoms with van der Waals surface area (Å²) >= 11 is 0. The molecular weight excluding hydrogens is 358 g/mol. The summed E-state index contributed by atoms with van der Waals surface area (Å²) in [4.78, 5) is 29.0. The number of fused-ring (bicyclic) bond motifs is 1. The number of ether oxygens (including phenoxy) is 2. The Kier molecular flexibility index (Phi) is 5.63. The minimum absolute atomic E-state index is 0.233. The first-order valence-corrected chi connectivity index (χ1v) is 9.05. The first kappa shape index (κ1) is 19.4. The number of nitrogens with one attached hydrogen (secondary N) is 1. The van der Waals surface area contributed by atoms with E-state index < -0.39 is 5.97 Å². The van der Waals surface area contributed by atoms with E-state index in [1.165, 1.54) is 7.11 Å². The number of carbonyl (C=O) groups is 2. The van der Waals surface area contributed by atoms with E-state index in [2.05, 4.69) is 10.3 Å². The largest absolute Gasteiger partial charge is 0.490 e. The molecule has 1 amide bonds. The van der Waals surface area contributed by atoms with Crippen LogP contribution >= 0.6 is 0 Å². The Hall–Kier alpha value is -3.35. The Labute approximate surface area is 163 Å². The number of aryl methyl sites for hydroxylation is 1. The molecular formula is C21H23N3O4. The zero-order valence-electron chi connectivity index (χ0n) is 16.4. The number of amides is 1. The van der Waals surface area contributed by atoms with Gasteiger partial charge in [-0.25, -0.2) is 9.78 Å². The van der Waals surface area contributed by atoms with Gasteiger partial charge in [0.2, 0.25) is 0 Å². The molecule has 7 nitrogen and oxygen atoms in total. The number of hydrogen-bond acceptors (Lipinski definition) is 5. The standard InChI is InChI=1S/C21H23N3O4/c1-5-28-17-7-6-12-24-18(14(3)22-19(17)24)20(25)23-13(2)15-8-10-16(11-9-15)21(26)27-4/h6-13H,5H2,1-4H3,(H,23,25)/t13-/m0/s1. The number of imidazole rings is 1. The normalized spacial score (nSPS) is 11.9. The second-order valence-electron chi connectivity index (χ2n) is 6.35. The number of rotatable bonds is 6. The summed E-state index contributed by atoms with van der Waals surface area (Å²) < 4.78 is 12.0. The van der Waals surface area contributed by atoms with Crippen LogP contribution in [0, 0.1) is 6.92 Å². The van der Waals surface area contributed by atoms with Crippen molar-refractivity contribution in [3.63, 3.8) is 0 Å². The van der Waals surface area contributed by atoms with E-state index >= 15 is 0 Å². The zero-order chi connectivity index (χ0) is 20.3. The Bertz CT molecular complexity index is 1010. The van der Waals surface area contributed by atoms with Crippen LogP contribution in [0.4, 0.5) is 0 Å². The lowest BCUT2D eigenvalue weighted by Gasteiger charge is -2.15. The molecule has 28 heavy (non-hydrogen) atoms. The Morgan fingerprint density at radius 1 is 1.21 bits per heavy atom. The number of carbonyl (C=O) groups excluding carboxylic acids is 2. The molecule has 0 saturated heterocycles. The van der Waals surface area contributed by atoms with Gasteiger partial charge >= 0.3 is 5.97 Å². The SMILES string of the molecule is CCOc1cccn2c(C(=O)N[C@@H](C)c3ccc(C(=O)OC)cc3)c(C)nc12. The van der Waals surface area contributed by atoms with Crippen LogP contribution in [0.25, 0.3) is 5.65 Å². The van der Waals surface area contributed by atoms with Gasteiger partial charge in [0.1, 0.15) is 5.69 Å². The summed E-state index contributed by atoms with van der Waals surface area (Å²) in [6.07, 6.45) is 1.79. The smallest absolute Gasteiger partial charge is 0.337 e. The molecule has 0 unspecified atom stereocenters. The van der Waals surface area contributed by atoms with E-state index in [0.717, 1.165) is 5.56 Å². The molecule has 3 aromatic rings. The Morgan fingerprint density at radius 2 is 1.93 bits per heavy atom. The van der Waals surface area contributed by atoms with Crippen molar-refractivity contribution in [3.8, 4) is 5.75 Å². The first-order chi connectivity index (χ1) is 13.5. The molecule has 3 rings (SSSR count). The van der Waals surface area contributed by atoms with Crippen LogP contribution in [-0.2, 0) is 4.74 Å². The van der Waals surface area contributed by atoms with Crippen LogP contribution in [-0.4, -0.2) is 35.0 Å².